The van der Waals surface area contributed by atoms with E-state index >= 15 is 0 Å². The Morgan fingerprint density at radius 3 is 2.42 bits per heavy atom. The molecule has 4 rings (SSSR count). The number of quaternary nitrogens is 1. The lowest BCUT2D eigenvalue weighted by Crippen LogP contribution is -2.54. The van der Waals surface area contributed by atoms with Crippen molar-refractivity contribution in [2.45, 2.75) is 38.5 Å². The van der Waals surface area contributed by atoms with Gasteiger partial charge in [0.15, 0.2) is 0 Å². The van der Waals surface area contributed by atoms with E-state index < -0.39 is 5.97 Å². The number of carbonyl (C=O) groups is 2. The normalized spacial score (nSPS) is 28.2. The number of rotatable bonds is 9. The lowest BCUT2D eigenvalue weighted by molar-refractivity contribution is -0.828. The molecule has 2 atom stereocenters. The molecular formula is C25H39N4O4+. The van der Waals surface area contributed by atoms with Gasteiger partial charge in [-0.1, -0.05) is 30.3 Å². The first-order valence-corrected chi connectivity index (χ1v) is 12.4. The molecule has 3 aliphatic rings. The van der Waals surface area contributed by atoms with E-state index in [1.807, 2.05) is 7.05 Å². The van der Waals surface area contributed by atoms with Crippen LogP contribution in [0, 0.1) is 5.92 Å². The highest BCUT2D eigenvalue weighted by atomic mass is 16.6. The number of carboxylic acids is 1. The average molecular weight is 460 g/mol. The number of amides is 1. The van der Waals surface area contributed by atoms with Crippen LogP contribution < -0.4 is 0 Å². The molecule has 0 spiro atoms. The molecule has 3 saturated heterocycles. The summed E-state index contributed by atoms with van der Waals surface area (Å²) in [6.45, 7) is 9.11. The van der Waals surface area contributed by atoms with Crippen LogP contribution in [-0.2, 0) is 16.1 Å². The van der Waals surface area contributed by atoms with Gasteiger partial charge in [-0.05, 0) is 44.5 Å². The number of carbonyl (C=O) groups excluding carboxylic acids is 1. The molecule has 33 heavy (non-hydrogen) atoms. The van der Waals surface area contributed by atoms with Crippen molar-refractivity contribution in [3.63, 3.8) is 0 Å². The molecule has 8 heteroatoms. The monoisotopic (exact) mass is 459 g/mol. The molecule has 1 amide bonds. The number of likely N-dealkylation sites (tertiary alicyclic amines) is 1. The molecule has 0 aliphatic carbocycles. The highest BCUT2D eigenvalue weighted by Crippen LogP contribution is 2.28. The number of carboxylic acid groups (broad SMARTS) is 1. The first kappa shape index (κ1) is 24.1. The molecule has 0 aromatic heterocycles. The Kier molecular flexibility index (Phi) is 8.01. The standard InChI is InChI=1S/C25H38N4O4/c1-29(19-22-9-12-27(13-10-22)18-21-6-3-2-4-7-21)20-23(33-25(29)32)28-16-14-26(15-17-28)11-5-8-24(30)31/h2-4,6-7,22-23H,5,8-20H2,1H3/p+1. The summed E-state index contributed by atoms with van der Waals surface area (Å²) in [4.78, 5) is 30.7. The third-order valence-corrected chi connectivity index (χ3v) is 7.53. The summed E-state index contributed by atoms with van der Waals surface area (Å²) in [6, 6.07) is 10.6. The van der Waals surface area contributed by atoms with Crippen LogP contribution in [0.2, 0.25) is 0 Å². The minimum absolute atomic E-state index is 0.0874. The Morgan fingerprint density at radius 1 is 1.06 bits per heavy atom. The van der Waals surface area contributed by atoms with Crippen molar-refractivity contribution in [2.24, 2.45) is 5.92 Å². The zero-order chi connectivity index (χ0) is 23.3. The SMILES string of the molecule is C[N+]1(CC2CCN(Cc3ccccc3)CC2)CC(N2CCN(CCCC(=O)O)CC2)OC1=O. The minimum atomic E-state index is -0.731. The van der Waals surface area contributed by atoms with Crippen molar-refractivity contribution in [1.82, 2.24) is 14.7 Å². The zero-order valence-corrected chi connectivity index (χ0v) is 19.9. The smallest absolute Gasteiger partial charge is 0.481 e. The van der Waals surface area contributed by atoms with Gasteiger partial charge in [0.25, 0.3) is 0 Å². The summed E-state index contributed by atoms with van der Waals surface area (Å²) < 4.78 is 6.24. The van der Waals surface area contributed by atoms with E-state index in [2.05, 4.69) is 45.0 Å². The van der Waals surface area contributed by atoms with Crippen molar-refractivity contribution in [2.75, 3.05) is 66.0 Å². The maximum atomic E-state index is 12.8. The molecule has 0 radical (unpaired) electrons. The van der Waals surface area contributed by atoms with Gasteiger partial charge >= 0.3 is 12.1 Å². The van der Waals surface area contributed by atoms with Crippen molar-refractivity contribution < 1.29 is 23.9 Å². The molecule has 3 fully saturated rings. The van der Waals surface area contributed by atoms with Crippen LogP contribution in [-0.4, -0.2) is 109 Å². The number of likely N-dealkylation sites (N-methyl/N-ethyl adjacent to an activating group) is 1. The van der Waals surface area contributed by atoms with Gasteiger partial charge in [0.1, 0.15) is 6.54 Å². The Morgan fingerprint density at radius 2 is 1.76 bits per heavy atom. The van der Waals surface area contributed by atoms with Crippen LogP contribution in [0.1, 0.15) is 31.2 Å². The number of cyclic esters (lactones) is 1. The maximum absolute atomic E-state index is 12.8. The molecule has 1 aromatic carbocycles. The fourth-order valence-electron chi connectivity index (χ4n) is 5.51. The van der Waals surface area contributed by atoms with E-state index in [-0.39, 0.29) is 18.7 Å². The van der Waals surface area contributed by atoms with E-state index in [0.29, 0.717) is 16.8 Å². The first-order chi connectivity index (χ1) is 15.9. The largest absolute Gasteiger partial charge is 0.517 e. The topological polar surface area (TPSA) is 73.3 Å². The Hall–Kier alpha value is -2.00. The van der Waals surface area contributed by atoms with Crippen LogP contribution in [0.5, 0.6) is 0 Å². The highest BCUT2D eigenvalue weighted by molar-refractivity contribution is 5.66. The average Bonchev–Trinajstić information content (AvgIpc) is 3.10. The Labute approximate surface area is 197 Å². The molecule has 182 valence electrons. The van der Waals surface area contributed by atoms with Crippen molar-refractivity contribution in [1.29, 1.82) is 0 Å². The van der Waals surface area contributed by atoms with Gasteiger partial charge in [0.05, 0.1) is 13.6 Å². The van der Waals surface area contributed by atoms with E-state index in [1.165, 1.54) is 5.56 Å². The number of nitrogens with zero attached hydrogens (tertiary/aromatic N) is 4. The van der Waals surface area contributed by atoms with E-state index in [1.54, 1.807) is 0 Å². The summed E-state index contributed by atoms with van der Waals surface area (Å²) in [7, 11) is 2.04. The maximum Gasteiger partial charge on any atom is 0.517 e. The summed E-state index contributed by atoms with van der Waals surface area (Å²) >= 11 is 0. The number of hydrogen-bond acceptors (Lipinski definition) is 6. The molecule has 8 nitrogen and oxygen atoms in total. The van der Waals surface area contributed by atoms with Crippen molar-refractivity contribution >= 4 is 12.1 Å². The molecule has 2 unspecified atom stereocenters. The van der Waals surface area contributed by atoms with E-state index in [4.69, 9.17) is 9.84 Å². The molecule has 1 aromatic rings. The highest BCUT2D eigenvalue weighted by Gasteiger charge is 2.49. The third-order valence-electron chi connectivity index (χ3n) is 7.53. The molecule has 0 saturated carbocycles. The van der Waals surface area contributed by atoms with Crippen LogP contribution in [0.25, 0.3) is 0 Å². The fourth-order valence-corrected chi connectivity index (χ4v) is 5.51. The summed E-state index contributed by atoms with van der Waals surface area (Å²) in [5.74, 6) is -0.176. The Balaban J connectivity index is 1.20. The van der Waals surface area contributed by atoms with E-state index in [9.17, 15) is 9.59 Å². The second-order valence-corrected chi connectivity index (χ2v) is 10.2. The van der Waals surface area contributed by atoms with Gasteiger partial charge in [0.2, 0.25) is 6.23 Å². The Bertz CT molecular complexity index is 791. The summed E-state index contributed by atoms with van der Waals surface area (Å²) in [6.07, 6.45) is 2.95. The second kappa shape index (κ2) is 11.0. The quantitative estimate of drug-likeness (QED) is 0.568. The summed E-state index contributed by atoms with van der Waals surface area (Å²) in [5, 5.41) is 8.81. The minimum Gasteiger partial charge on any atom is -0.481 e. The van der Waals surface area contributed by atoms with Crippen LogP contribution in [0.15, 0.2) is 30.3 Å². The van der Waals surface area contributed by atoms with Gasteiger partial charge in [-0.3, -0.25) is 14.6 Å². The van der Waals surface area contributed by atoms with Gasteiger partial charge in [0, 0.05) is 45.1 Å². The first-order valence-electron chi connectivity index (χ1n) is 12.4. The predicted octanol–water partition coefficient (Wildman–Crippen LogP) is 2.30. The zero-order valence-electron chi connectivity index (χ0n) is 19.9. The van der Waals surface area contributed by atoms with Crippen molar-refractivity contribution in [3.8, 4) is 0 Å². The number of benzene rings is 1. The van der Waals surface area contributed by atoms with Gasteiger partial charge in [-0.25, -0.2) is 4.48 Å². The van der Waals surface area contributed by atoms with Crippen molar-refractivity contribution in [3.05, 3.63) is 35.9 Å². The molecule has 0 bridgehead atoms. The van der Waals surface area contributed by atoms with Crippen LogP contribution >= 0.6 is 0 Å². The fraction of sp³-hybridized carbons (Fsp3) is 0.680. The lowest BCUT2D eigenvalue weighted by atomic mass is 9.95. The number of aliphatic carboxylic acids is 1. The predicted molar refractivity (Wildman–Crippen MR) is 126 cm³/mol. The second-order valence-electron chi connectivity index (χ2n) is 10.2. The molecule has 3 aliphatic heterocycles. The van der Waals surface area contributed by atoms with E-state index in [0.717, 1.165) is 78.3 Å². The van der Waals surface area contributed by atoms with Gasteiger partial charge < -0.3 is 14.7 Å². The van der Waals surface area contributed by atoms with Gasteiger partial charge in [-0.15, -0.1) is 0 Å². The molecule has 3 heterocycles. The number of piperazine rings is 1. The lowest BCUT2D eigenvalue weighted by Gasteiger charge is -2.37. The summed E-state index contributed by atoms with van der Waals surface area (Å²) in [5.41, 5.74) is 1.36. The molecule has 1 N–H and O–H groups in total. The van der Waals surface area contributed by atoms with Crippen LogP contribution in [0.4, 0.5) is 4.79 Å². The number of hydrogen-bond donors (Lipinski definition) is 1. The molecular weight excluding hydrogens is 420 g/mol. The van der Waals surface area contributed by atoms with Crippen LogP contribution in [0.3, 0.4) is 0 Å². The number of piperidine rings is 1. The number of ether oxygens (including phenoxy) is 1. The third kappa shape index (κ3) is 6.53. The van der Waals surface area contributed by atoms with Gasteiger partial charge in [-0.2, -0.15) is 4.79 Å².